The van der Waals surface area contributed by atoms with Gasteiger partial charge in [0.1, 0.15) is 11.5 Å². The normalized spacial score (nSPS) is 12.3. The molecule has 102 valence electrons. The maximum Gasteiger partial charge on any atom is 0.133 e. The van der Waals surface area contributed by atoms with Crippen molar-refractivity contribution < 1.29 is 9.47 Å². The predicted octanol–water partition coefficient (Wildman–Crippen LogP) is 3.40. The van der Waals surface area contributed by atoms with Gasteiger partial charge in [0.05, 0.1) is 18.7 Å². The molecule has 1 N–H and O–H groups in total. The summed E-state index contributed by atoms with van der Waals surface area (Å²) in [5, 5.41) is 3.48. The summed E-state index contributed by atoms with van der Waals surface area (Å²) in [6, 6.07) is 4.41. The van der Waals surface area contributed by atoms with Crippen LogP contribution in [0.5, 0.6) is 11.5 Å². The first kappa shape index (κ1) is 15.3. The molecule has 0 saturated heterocycles. The van der Waals surface area contributed by atoms with Gasteiger partial charge in [0.25, 0.3) is 0 Å². The molecule has 1 rings (SSSR count). The van der Waals surface area contributed by atoms with Gasteiger partial charge >= 0.3 is 0 Å². The highest BCUT2D eigenvalue weighted by molar-refractivity contribution is 9.10. The number of rotatable bonds is 7. The molecule has 0 aromatic heterocycles. The van der Waals surface area contributed by atoms with Gasteiger partial charge in [0.2, 0.25) is 0 Å². The van der Waals surface area contributed by atoms with E-state index in [1.165, 1.54) is 0 Å². The number of methoxy groups -OCH3 is 2. The highest BCUT2D eigenvalue weighted by atomic mass is 79.9. The second-order valence-electron chi connectivity index (χ2n) is 4.36. The first-order valence-electron chi connectivity index (χ1n) is 6.26. The van der Waals surface area contributed by atoms with Crippen LogP contribution in [0.25, 0.3) is 0 Å². The summed E-state index contributed by atoms with van der Waals surface area (Å²) in [6.07, 6.45) is 2.07. The summed E-state index contributed by atoms with van der Waals surface area (Å²) in [6.45, 7) is 5.39. The summed E-state index contributed by atoms with van der Waals surface area (Å²) in [7, 11) is 3.37. The maximum absolute atomic E-state index is 5.42. The first-order chi connectivity index (χ1) is 8.62. The van der Waals surface area contributed by atoms with E-state index in [1.807, 2.05) is 12.1 Å². The smallest absolute Gasteiger partial charge is 0.133 e. The number of halogens is 1. The van der Waals surface area contributed by atoms with Crippen molar-refractivity contribution >= 4 is 15.9 Å². The molecule has 0 aliphatic heterocycles. The van der Waals surface area contributed by atoms with Gasteiger partial charge in [-0.25, -0.2) is 0 Å². The second-order valence-corrected chi connectivity index (χ2v) is 5.21. The van der Waals surface area contributed by atoms with Gasteiger partial charge in [-0.15, -0.1) is 0 Å². The zero-order valence-electron chi connectivity index (χ0n) is 11.5. The molecule has 0 aliphatic carbocycles. The molecule has 1 atom stereocenters. The average Bonchev–Trinajstić information content (AvgIpc) is 2.37. The summed E-state index contributed by atoms with van der Waals surface area (Å²) in [5.74, 6) is 1.74. The Balaban J connectivity index is 2.85. The van der Waals surface area contributed by atoms with Crippen molar-refractivity contribution in [3.8, 4) is 11.5 Å². The molecule has 0 heterocycles. The van der Waals surface area contributed by atoms with Crippen molar-refractivity contribution in [1.82, 2.24) is 5.32 Å². The predicted molar refractivity (Wildman–Crippen MR) is 78.7 cm³/mol. The van der Waals surface area contributed by atoms with Crippen molar-refractivity contribution in [3.63, 3.8) is 0 Å². The number of ether oxygens (including phenoxy) is 2. The quantitative estimate of drug-likeness (QED) is 0.836. The van der Waals surface area contributed by atoms with Crippen LogP contribution in [0.3, 0.4) is 0 Å². The largest absolute Gasteiger partial charge is 0.496 e. The Morgan fingerprint density at radius 3 is 2.44 bits per heavy atom. The summed E-state index contributed by atoms with van der Waals surface area (Å²) in [5.41, 5.74) is 1.16. The van der Waals surface area contributed by atoms with E-state index in [-0.39, 0.29) is 0 Å². The van der Waals surface area contributed by atoms with Crippen molar-refractivity contribution in [3.05, 3.63) is 22.2 Å². The fraction of sp³-hybridized carbons (Fsp3) is 0.571. The third-order valence-electron chi connectivity index (χ3n) is 2.82. The Bertz CT molecular complexity index is 382. The fourth-order valence-corrected chi connectivity index (χ4v) is 2.36. The molecule has 0 bridgehead atoms. The molecule has 1 aromatic rings. The lowest BCUT2D eigenvalue weighted by atomic mass is 10.1. The average molecular weight is 316 g/mol. The van der Waals surface area contributed by atoms with Crippen LogP contribution >= 0.6 is 15.9 Å². The van der Waals surface area contributed by atoms with Crippen LogP contribution in [0.2, 0.25) is 0 Å². The molecular formula is C14H22BrNO2. The molecule has 3 nitrogen and oxygen atoms in total. The minimum Gasteiger partial charge on any atom is -0.496 e. The monoisotopic (exact) mass is 315 g/mol. The van der Waals surface area contributed by atoms with Crippen LogP contribution in [-0.2, 0) is 6.42 Å². The van der Waals surface area contributed by atoms with Gasteiger partial charge in [-0.3, -0.25) is 0 Å². The molecule has 0 unspecified atom stereocenters. The molecule has 18 heavy (non-hydrogen) atoms. The van der Waals surface area contributed by atoms with Crippen molar-refractivity contribution in [1.29, 1.82) is 0 Å². The van der Waals surface area contributed by atoms with Gasteiger partial charge in [-0.1, -0.05) is 6.92 Å². The number of hydrogen-bond acceptors (Lipinski definition) is 3. The minimum absolute atomic E-state index is 0.421. The van der Waals surface area contributed by atoms with E-state index < -0.39 is 0 Å². The molecule has 0 saturated carbocycles. The van der Waals surface area contributed by atoms with Crippen LogP contribution in [0.4, 0.5) is 0 Å². The number of hydrogen-bond donors (Lipinski definition) is 1. The Morgan fingerprint density at radius 2 is 1.89 bits per heavy atom. The Hall–Kier alpha value is -0.740. The molecule has 1 aromatic carbocycles. The number of benzene rings is 1. The maximum atomic E-state index is 5.42. The third kappa shape index (κ3) is 4.18. The molecule has 0 fully saturated rings. The van der Waals surface area contributed by atoms with E-state index in [4.69, 9.17) is 9.47 Å². The van der Waals surface area contributed by atoms with Crippen molar-refractivity contribution in [2.24, 2.45) is 0 Å². The molecule has 0 amide bonds. The van der Waals surface area contributed by atoms with E-state index in [0.717, 1.165) is 40.9 Å². The van der Waals surface area contributed by atoms with Crippen molar-refractivity contribution in [2.45, 2.75) is 32.7 Å². The van der Waals surface area contributed by atoms with Gasteiger partial charge in [-0.2, -0.15) is 0 Å². The minimum atomic E-state index is 0.421. The molecule has 4 heteroatoms. The standard InChI is InChI=1S/C14H22BrNO2/c1-5-6-16-10(2)7-11-8-14(18-4)12(15)9-13(11)17-3/h8-10,16H,5-7H2,1-4H3/t10-/m0/s1. The zero-order valence-corrected chi connectivity index (χ0v) is 13.1. The molecule has 0 aliphatic rings. The molecular weight excluding hydrogens is 294 g/mol. The summed E-state index contributed by atoms with van der Waals surface area (Å²) >= 11 is 3.47. The van der Waals surface area contributed by atoms with Crippen LogP contribution in [0, 0.1) is 0 Å². The summed E-state index contributed by atoms with van der Waals surface area (Å²) < 4.78 is 11.7. The zero-order chi connectivity index (χ0) is 13.5. The summed E-state index contributed by atoms with van der Waals surface area (Å²) in [4.78, 5) is 0. The van der Waals surface area contributed by atoms with E-state index >= 15 is 0 Å². The van der Waals surface area contributed by atoms with E-state index in [1.54, 1.807) is 14.2 Å². The Labute approximate surface area is 118 Å². The van der Waals surface area contributed by atoms with E-state index in [9.17, 15) is 0 Å². The van der Waals surface area contributed by atoms with E-state index in [2.05, 4.69) is 35.1 Å². The molecule has 0 radical (unpaired) electrons. The van der Waals surface area contributed by atoms with Crippen LogP contribution in [-0.4, -0.2) is 26.8 Å². The SMILES string of the molecule is CCCN[C@@H](C)Cc1cc(OC)c(Br)cc1OC. The Morgan fingerprint density at radius 1 is 1.22 bits per heavy atom. The van der Waals surface area contributed by atoms with Crippen molar-refractivity contribution in [2.75, 3.05) is 20.8 Å². The van der Waals surface area contributed by atoms with Crippen LogP contribution in [0.1, 0.15) is 25.8 Å². The lowest BCUT2D eigenvalue weighted by Crippen LogP contribution is -2.28. The second kappa shape index (κ2) is 7.64. The van der Waals surface area contributed by atoms with E-state index in [0.29, 0.717) is 6.04 Å². The molecule has 0 spiro atoms. The van der Waals surface area contributed by atoms with Gasteiger partial charge in [-0.05, 0) is 59.9 Å². The highest BCUT2D eigenvalue weighted by Gasteiger charge is 2.12. The fourth-order valence-electron chi connectivity index (χ4n) is 1.88. The van der Waals surface area contributed by atoms with Crippen LogP contribution < -0.4 is 14.8 Å². The highest BCUT2D eigenvalue weighted by Crippen LogP contribution is 2.33. The van der Waals surface area contributed by atoms with Gasteiger partial charge < -0.3 is 14.8 Å². The van der Waals surface area contributed by atoms with Gasteiger partial charge in [0, 0.05) is 6.04 Å². The van der Waals surface area contributed by atoms with Crippen LogP contribution in [0.15, 0.2) is 16.6 Å². The lowest BCUT2D eigenvalue weighted by Gasteiger charge is -2.17. The lowest BCUT2D eigenvalue weighted by molar-refractivity contribution is 0.394. The Kier molecular flexibility index (Phi) is 6.50. The third-order valence-corrected chi connectivity index (χ3v) is 3.44. The number of nitrogens with one attached hydrogen (secondary N) is 1. The van der Waals surface area contributed by atoms with Gasteiger partial charge in [0.15, 0.2) is 0 Å². The first-order valence-corrected chi connectivity index (χ1v) is 7.05. The topological polar surface area (TPSA) is 30.5 Å².